The minimum atomic E-state index is 0.105. The molecule has 0 bridgehead atoms. The molecule has 1 aromatic carbocycles. The van der Waals surface area contributed by atoms with Crippen LogP contribution in [-0.4, -0.2) is 44.6 Å². The summed E-state index contributed by atoms with van der Waals surface area (Å²) in [7, 11) is 3.47. The summed E-state index contributed by atoms with van der Waals surface area (Å²) < 4.78 is 5.18. The van der Waals surface area contributed by atoms with Crippen LogP contribution in [0, 0.1) is 0 Å². The van der Waals surface area contributed by atoms with Crippen LogP contribution in [0.1, 0.15) is 13.8 Å². The number of carbonyl (C=O) groups is 1. The number of nitrogens with two attached hydrogens (primary N) is 1. The Morgan fingerprint density at radius 1 is 1.26 bits per heavy atom. The SMILES string of the molecule is CCN(CC)C(=O)CN(C)c1cc(N)cc(OC)c1. The molecule has 0 saturated heterocycles. The minimum absolute atomic E-state index is 0.105. The molecule has 1 aromatic rings. The van der Waals surface area contributed by atoms with Crippen molar-refractivity contribution in [2.75, 3.05) is 44.4 Å². The third-order valence-electron chi connectivity index (χ3n) is 3.08. The zero-order valence-corrected chi connectivity index (χ0v) is 12.1. The van der Waals surface area contributed by atoms with Crippen LogP contribution in [-0.2, 0) is 4.79 Å². The maximum Gasteiger partial charge on any atom is 0.242 e. The molecule has 0 heterocycles. The molecule has 106 valence electrons. The highest BCUT2D eigenvalue weighted by Crippen LogP contribution is 2.24. The van der Waals surface area contributed by atoms with Gasteiger partial charge in [-0.05, 0) is 19.9 Å². The number of anilines is 2. The lowest BCUT2D eigenvalue weighted by molar-refractivity contribution is -0.129. The Hall–Kier alpha value is -1.91. The topological polar surface area (TPSA) is 58.8 Å². The Kier molecular flexibility index (Phi) is 5.48. The molecule has 0 aliphatic rings. The summed E-state index contributed by atoms with van der Waals surface area (Å²) in [5.74, 6) is 0.797. The van der Waals surface area contributed by atoms with E-state index in [0.717, 1.165) is 18.8 Å². The molecule has 5 nitrogen and oxygen atoms in total. The zero-order chi connectivity index (χ0) is 14.4. The highest BCUT2D eigenvalue weighted by atomic mass is 16.5. The molecule has 1 amide bonds. The van der Waals surface area contributed by atoms with Gasteiger partial charge in [0.1, 0.15) is 5.75 Å². The van der Waals surface area contributed by atoms with Crippen molar-refractivity contribution in [2.24, 2.45) is 0 Å². The van der Waals surface area contributed by atoms with Gasteiger partial charge in [0.25, 0.3) is 0 Å². The molecule has 1 rings (SSSR count). The Morgan fingerprint density at radius 3 is 2.42 bits per heavy atom. The van der Waals surface area contributed by atoms with E-state index in [1.165, 1.54) is 0 Å². The van der Waals surface area contributed by atoms with Crippen LogP contribution in [0.3, 0.4) is 0 Å². The second kappa shape index (κ2) is 6.87. The van der Waals surface area contributed by atoms with Crippen molar-refractivity contribution in [1.29, 1.82) is 0 Å². The van der Waals surface area contributed by atoms with Crippen molar-refractivity contribution in [2.45, 2.75) is 13.8 Å². The van der Waals surface area contributed by atoms with Crippen molar-refractivity contribution in [3.8, 4) is 5.75 Å². The summed E-state index contributed by atoms with van der Waals surface area (Å²) in [5, 5.41) is 0. The molecule has 0 aliphatic heterocycles. The highest BCUT2D eigenvalue weighted by molar-refractivity contribution is 5.81. The van der Waals surface area contributed by atoms with Crippen molar-refractivity contribution >= 4 is 17.3 Å². The fourth-order valence-corrected chi connectivity index (χ4v) is 1.91. The van der Waals surface area contributed by atoms with Gasteiger partial charge in [0.2, 0.25) is 5.91 Å². The number of rotatable bonds is 6. The van der Waals surface area contributed by atoms with Gasteiger partial charge in [-0.2, -0.15) is 0 Å². The fourth-order valence-electron chi connectivity index (χ4n) is 1.91. The van der Waals surface area contributed by atoms with Crippen LogP contribution in [0.4, 0.5) is 11.4 Å². The van der Waals surface area contributed by atoms with Gasteiger partial charge in [0.15, 0.2) is 0 Å². The highest BCUT2D eigenvalue weighted by Gasteiger charge is 2.13. The van der Waals surface area contributed by atoms with E-state index in [1.54, 1.807) is 18.1 Å². The van der Waals surface area contributed by atoms with Gasteiger partial charge in [-0.1, -0.05) is 0 Å². The Labute approximate surface area is 114 Å². The molecule has 0 aliphatic carbocycles. The minimum Gasteiger partial charge on any atom is -0.497 e. The van der Waals surface area contributed by atoms with Gasteiger partial charge in [-0.3, -0.25) is 4.79 Å². The normalized spacial score (nSPS) is 10.1. The number of amides is 1. The maximum absolute atomic E-state index is 12.1. The number of likely N-dealkylation sites (N-methyl/N-ethyl adjacent to an activating group) is 2. The van der Waals surface area contributed by atoms with Crippen LogP contribution in [0.15, 0.2) is 18.2 Å². The van der Waals surface area contributed by atoms with E-state index in [2.05, 4.69) is 0 Å². The first-order chi connectivity index (χ1) is 9.01. The molecule has 2 N–H and O–H groups in total. The number of benzene rings is 1. The molecule has 0 spiro atoms. The van der Waals surface area contributed by atoms with E-state index in [9.17, 15) is 4.79 Å². The van der Waals surface area contributed by atoms with Crippen LogP contribution in [0.25, 0.3) is 0 Å². The van der Waals surface area contributed by atoms with Gasteiger partial charge in [0, 0.05) is 43.6 Å². The van der Waals surface area contributed by atoms with Crippen molar-refractivity contribution in [3.63, 3.8) is 0 Å². The van der Waals surface area contributed by atoms with E-state index < -0.39 is 0 Å². The number of carbonyl (C=O) groups excluding carboxylic acids is 1. The van der Waals surface area contributed by atoms with Crippen LogP contribution < -0.4 is 15.4 Å². The summed E-state index contributed by atoms with van der Waals surface area (Å²) in [4.78, 5) is 15.7. The van der Waals surface area contributed by atoms with Gasteiger partial charge in [-0.25, -0.2) is 0 Å². The number of ether oxygens (including phenoxy) is 1. The molecule has 0 radical (unpaired) electrons. The average molecular weight is 265 g/mol. The third kappa shape index (κ3) is 4.05. The zero-order valence-electron chi connectivity index (χ0n) is 12.1. The number of hydrogen-bond donors (Lipinski definition) is 1. The Bertz CT molecular complexity index is 431. The first-order valence-electron chi connectivity index (χ1n) is 6.45. The van der Waals surface area contributed by atoms with Crippen molar-refractivity contribution in [1.82, 2.24) is 4.90 Å². The van der Waals surface area contributed by atoms with Crippen LogP contribution in [0.2, 0.25) is 0 Å². The predicted octanol–water partition coefficient (Wildman–Crippen LogP) is 1.58. The van der Waals surface area contributed by atoms with E-state index >= 15 is 0 Å². The van der Waals surface area contributed by atoms with Gasteiger partial charge < -0.3 is 20.3 Å². The molecule has 0 fully saturated rings. The van der Waals surface area contributed by atoms with Crippen LogP contribution >= 0.6 is 0 Å². The van der Waals surface area contributed by atoms with Crippen molar-refractivity contribution in [3.05, 3.63) is 18.2 Å². The summed E-state index contributed by atoms with van der Waals surface area (Å²) in [6.45, 7) is 5.73. The molecule has 0 unspecified atom stereocenters. The third-order valence-corrected chi connectivity index (χ3v) is 3.08. The van der Waals surface area contributed by atoms with Crippen molar-refractivity contribution < 1.29 is 9.53 Å². The second-order valence-electron chi connectivity index (χ2n) is 4.39. The smallest absolute Gasteiger partial charge is 0.242 e. The average Bonchev–Trinajstić information content (AvgIpc) is 2.39. The molecular formula is C14H23N3O2. The van der Waals surface area contributed by atoms with Gasteiger partial charge in [-0.15, -0.1) is 0 Å². The van der Waals surface area contributed by atoms with Crippen LogP contribution in [0.5, 0.6) is 5.75 Å². The molecule has 5 heteroatoms. The first kappa shape index (κ1) is 15.1. The molecule has 0 atom stereocenters. The maximum atomic E-state index is 12.1. The summed E-state index contributed by atoms with van der Waals surface area (Å²) in [6, 6.07) is 5.45. The molecular weight excluding hydrogens is 242 g/mol. The summed E-state index contributed by atoms with van der Waals surface area (Å²) in [5.41, 5.74) is 7.31. The number of methoxy groups -OCH3 is 1. The molecule has 0 saturated carbocycles. The predicted molar refractivity (Wildman–Crippen MR) is 78.6 cm³/mol. The fraction of sp³-hybridized carbons (Fsp3) is 0.500. The standard InChI is InChI=1S/C14H23N3O2/c1-5-17(6-2)14(18)10-16(3)12-7-11(15)8-13(9-12)19-4/h7-9H,5-6,10,15H2,1-4H3. The van der Waals surface area contributed by atoms with Gasteiger partial charge >= 0.3 is 0 Å². The Morgan fingerprint density at radius 2 is 1.89 bits per heavy atom. The lowest BCUT2D eigenvalue weighted by Gasteiger charge is -2.24. The second-order valence-corrected chi connectivity index (χ2v) is 4.39. The lowest BCUT2D eigenvalue weighted by atomic mass is 10.2. The Balaban J connectivity index is 2.80. The quantitative estimate of drug-likeness (QED) is 0.793. The van der Waals surface area contributed by atoms with E-state index in [-0.39, 0.29) is 5.91 Å². The largest absolute Gasteiger partial charge is 0.497 e. The first-order valence-corrected chi connectivity index (χ1v) is 6.45. The monoisotopic (exact) mass is 265 g/mol. The number of hydrogen-bond acceptors (Lipinski definition) is 4. The summed E-state index contributed by atoms with van der Waals surface area (Å²) in [6.07, 6.45) is 0. The number of nitrogens with zero attached hydrogens (tertiary/aromatic N) is 2. The summed E-state index contributed by atoms with van der Waals surface area (Å²) >= 11 is 0. The van der Waals surface area contributed by atoms with E-state index in [1.807, 2.05) is 37.9 Å². The molecule has 19 heavy (non-hydrogen) atoms. The molecule has 0 aromatic heterocycles. The number of nitrogen functional groups attached to an aromatic ring is 1. The van der Waals surface area contributed by atoms with E-state index in [4.69, 9.17) is 10.5 Å². The van der Waals surface area contributed by atoms with Gasteiger partial charge in [0.05, 0.1) is 13.7 Å². The lowest BCUT2D eigenvalue weighted by Crippen LogP contribution is -2.38. The van der Waals surface area contributed by atoms with E-state index in [0.29, 0.717) is 18.0 Å².